The zero-order chi connectivity index (χ0) is 18.7. The number of carbonyl (C=O) groups is 1. The van der Waals surface area contributed by atoms with Crippen molar-refractivity contribution >= 4 is 5.91 Å². The number of aromatic nitrogens is 2. The maximum atomic E-state index is 13.4. The standard InChI is InChI=1S/C21H27FN4O/c22-18-6-4-17(5-7-18)20(8-1-2-9-20)16-24-19(27)21(10-13-23-14-11-21)26-15-3-12-25-26/h3-7,12,15,23H,1-2,8-11,13-14,16H2,(H,24,27). The van der Waals surface area contributed by atoms with Gasteiger partial charge >= 0.3 is 0 Å². The second-order valence-electron chi connectivity index (χ2n) is 7.91. The third kappa shape index (κ3) is 3.38. The Kier molecular flexibility index (Phi) is 5.00. The van der Waals surface area contributed by atoms with Gasteiger partial charge in [-0.05, 0) is 62.5 Å². The zero-order valence-corrected chi connectivity index (χ0v) is 15.6. The smallest absolute Gasteiger partial charge is 0.248 e. The summed E-state index contributed by atoms with van der Waals surface area (Å²) in [5.74, 6) is -0.177. The fourth-order valence-electron chi connectivity index (χ4n) is 4.76. The molecule has 0 bridgehead atoms. The lowest BCUT2D eigenvalue weighted by molar-refractivity contribution is -0.132. The van der Waals surface area contributed by atoms with Crippen molar-refractivity contribution in [3.63, 3.8) is 0 Å². The minimum atomic E-state index is -0.628. The summed E-state index contributed by atoms with van der Waals surface area (Å²) in [5.41, 5.74) is 0.402. The summed E-state index contributed by atoms with van der Waals surface area (Å²) in [6.45, 7) is 2.20. The number of rotatable bonds is 5. The normalized spacial score (nSPS) is 21.1. The Morgan fingerprint density at radius 3 is 2.48 bits per heavy atom. The Balaban J connectivity index is 1.55. The van der Waals surface area contributed by atoms with Gasteiger partial charge in [0.15, 0.2) is 0 Å². The summed E-state index contributed by atoms with van der Waals surface area (Å²) in [5, 5.41) is 11.0. The molecule has 27 heavy (non-hydrogen) atoms. The van der Waals surface area contributed by atoms with Crippen LogP contribution in [0.1, 0.15) is 44.1 Å². The van der Waals surface area contributed by atoms with E-state index < -0.39 is 5.54 Å². The van der Waals surface area contributed by atoms with Gasteiger partial charge < -0.3 is 10.6 Å². The highest BCUT2D eigenvalue weighted by molar-refractivity contribution is 5.84. The molecule has 1 saturated heterocycles. The van der Waals surface area contributed by atoms with Gasteiger partial charge in [-0.1, -0.05) is 25.0 Å². The van der Waals surface area contributed by atoms with E-state index in [1.807, 2.05) is 29.1 Å². The van der Waals surface area contributed by atoms with Crippen LogP contribution in [0.4, 0.5) is 4.39 Å². The Bertz CT molecular complexity index is 760. The molecule has 6 heteroatoms. The predicted molar refractivity (Wildman–Crippen MR) is 102 cm³/mol. The van der Waals surface area contributed by atoms with Gasteiger partial charge in [-0.3, -0.25) is 9.48 Å². The van der Waals surface area contributed by atoms with Crippen LogP contribution >= 0.6 is 0 Å². The molecule has 2 fully saturated rings. The molecular formula is C21H27FN4O. The molecule has 0 spiro atoms. The molecule has 5 nitrogen and oxygen atoms in total. The van der Waals surface area contributed by atoms with E-state index in [1.54, 1.807) is 6.20 Å². The van der Waals surface area contributed by atoms with E-state index in [0.29, 0.717) is 6.54 Å². The molecule has 2 heterocycles. The summed E-state index contributed by atoms with van der Waals surface area (Å²) >= 11 is 0. The quantitative estimate of drug-likeness (QED) is 0.851. The molecular weight excluding hydrogens is 343 g/mol. The van der Waals surface area contributed by atoms with Crippen LogP contribution in [0.3, 0.4) is 0 Å². The number of nitrogens with zero attached hydrogens (tertiary/aromatic N) is 2. The molecule has 2 aliphatic rings. The van der Waals surface area contributed by atoms with Crippen LogP contribution in [-0.4, -0.2) is 35.3 Å². The van der Waals surface area contributed by atoms with Gasteiger partial charge in [-0.2, -0.15) is 5.10 Å². The molecule has 1 saturated carbocycles. The van der Waals surface area contributed by atoms with Gasteiger partial charge in [-0.15, -0.1) is 0 Å². The Morgan fingerprint density at radius 1 is 1.15 bits per heavy atom. The minimum absolute atomic E-state index is 0.0427. The molecule has 1 aromatic heterocycles. The predicted octanol–water partition coefficient (Wildman–Crippen LogP) is 2.73. The van der Waals surface area contributed by atoms with Crippen molar-refractivity contribution in [3.05, 3.63) is 54.1 Å². The van der Waals surface area contributed by atoms with Gasteiger partial charge in [0.2, 0.25) is 5.91 Å². The van der Waals surface area contributed by atoms with E-state index in [2.05, 4.69) is 15.7 Å². The van der Waals surface area contributed by atoms with Crippen molar-refractivity contribution < 1.29 is 9.18 Å². The van der Waals surface area contributed by atoms with E-state index in [1.165, 1.54) is 12.1 Å². The summed E-state index contributed by atoms with van der Waals surface area (Å²) < 4.78 is 15.2. The van der Waals surface area contributed by atoms with Gasteiger partial charge in [0.1, 0.15) is 11.4 Å². The van der Waals surface area contributed by atoms with Crippen LogP contribution in [0.5, 0.6) is 0 Å². The average Bonchev–Trinajstić information content (AvgIpc) is 3.40. The van der Waals surface area contributed by atoms with Crippen LogP contribution in [0.2, 0.25) is 0 Å². The molecule has 1 aliphatic carbocycles. The van der Waals surface area contributed by atoms with E-state index in [4.69, 9.17) is 0 Å². The number of halogens is 1. The van der Waals surface area contributed by atoms with Gasteiger partial charge in [0.25, 0.3) is 0 Å². The topological polar surface area (TPSA) is 59.0 Å². The van der Waals surface area contributed by atoms with E-state index in [9.17, 15) is 9.18 Å². The Labute approximate surface area is 159 Å². The number of amides is 1. The number of piperidine rings is 1. The number of carbonyl (C=O) groups excluding carboxylic acids is 1. The molecule has 2 N–H and O–H groups in total. The van der Waals surface area contributed by atoms with Crippen LogP contribution in [0.25, 0.3) is 0 Å². The first-order valence-electron chi connectivity index (χ1n) is 9.90. The largest absolute Gasteiger partial charge is 0.353 e. The van der Waals surface area contributed by atoms with Gasteiger partial charge in [0, 0.05) is 24.4 Å². The summed E-state index contributed by atoms with van der Waals surface area (Å²) in [6, 6.07) is 8.67. The second-order valence-corrected chi connectivity index (χ2v) is 7.91. The average molecular weight is 370 g/mol. The highest BCUT2D eigenvalue weighted by Crippen LogP contribution is 2.41. The highest BCUT2D eigenvalue weighted by Gasteiger charge is 2.43. The van der Waals surface area contributed by atoms with E-state index in [-0.39, 0.29) is 17.1 Å². The summed E-state index contributed by atoms with van der Waals surface area (Å²) in [6.07, 6.45) is 9.39. The number of nitrogens with one attached hydrogen (secondary N) is 2. The Hall–Kier alpha value is -2.21. The molecule has 4 rings (SSSR count). The summed E-state index contributed by atoms with van der Waals surface area (Å²) in [7, 11) is 0. The van der Waals surface area contributed by atoms with Gasteiger partial charge in [0.05, 0.1) is 0 Å². The molecule has 0 atom stereocenters. The monoisotopic (exact) mass is 370 g/mol. The van der Waals surface area contributed by atoms with Gasteiger partial charge in [-0.25, -0.2) is 4.39 Å². The lowest BCUT2D eigenvalue weighted by atomic mass is 9.78. The maximum absolute atomic E-state index is 13.4. The fourth-order valence-corrected chi connectivity index (χ4v) is 4.76. The van der Waals surface area contributed by atoms with Crippen molar-refractivity contribution in [3.8, 4) is 0 Å². The zero-order valence-electron chi connectivity index (χ0n) is 15.6. The maximum Gasteiger partial charge on any atom is 0.248 e. The molecule has 1 amide bonds. The molecule has 1 aliphatic heterocycles. The third-order valence-corrected chi connectivity index (χ3v) is 6.40. The van der Waals surface area contributed by atoms with Crippen molar-refractivity contribution in [2.45, 2.75) is 49.5 Å². The molecule has 144 valence electrons. The lowest BCUT2D eigenvalue weighted by Gasteiger charge is -2.38. The molecule has 0 unspecified atom stereocenters. The second kappa shape index (κ2) is 7.43. The number of hydrogen-bond donors (Lipinski definition) is 2. The van der Waals surface area contributed by atoms with Crippen molar-refractivity contribution in [1.82, 2.24) is 20.4 Å². The minimum Gasteiger partial charge on any atom is -0.353 e. The van der Waals surface area contributed by atoms with E-state index in [0.717, 1.165) is 57.2 Å². The van der Waals surface area contributed by atoms with Crippen molar-refractivity contribution in [1.29, 1.82) is 0 Å². The first-order valence-corrected chi connectivity index (χ1v) is 9.90. The first-order chi connectivity index (χ1) is 13.1. The van der Waals surface area contributed by atoms with Crippen molar-refractivity contribution in [2.75, 3.05) is 19.6 Å². The van der Waals surface area contributed by atoms with Crippen LogP contribution in [-0.2, 0) is 15.7 Å². The molecule has 2 aromatic rings. The molecule has 0 radical (unpaired) electrons. The SMILES string of the molecule is O=C(NCC1(c2ccc(F)cc2)CCCC1)C1(n2cccn2)CCNCC1. The Morgan fingerprint density at radius 2 is 1.85 bits per heavy atom. The van der Waals surface area contributed by atoms with Crippen LogP contribution in [0, 0.1) is 5.82 Å². The fraction of sp³-hybridized carbons (Fsp3) is 0.524. The summed E-state index contributed by atoms with van der Waals surface area (Å²) in [4.78, 5) is 13.3. The van der Waals surface area contributed by atoms with Crippen molar-refractivity contribution in [2.24, 2.45) is 0 Å². The lowest BCUT2D eigenvalue weighted by Crippen LogP contribution is -2.56. The van der Waals surface area contributed by atoms with E-state index >= 15 is 0 Å². The van der Waals surface area contributed by atoms with Crippen LogP contribution < -0.4 is 10.6 Å². The van der Waals surface area contributed by atoms with Crippen LogP contribution in [0.15, 0.2) is 42.7 Å². The number of benzene rings is 1. The highest BCUT2D eigenvalue weighted by atomic mass is 19.1. The first kappa shape index (κ1) is 18.2. The molecule has 1 aromatic carbocycles. The third-order valence-electron chi connectivity index (χ3n) is 6.40. The number of hydrogen-bond acceptors (Lipinski definition) is 3.